The number of thiazole rings is 1. The second-order valence-electron chi connectivity index (χ2n) is 3.98. The average molecular weight is 248 g/mol. The first-order valence-electron chi connectivity index (χ1n) is 5.46. The zero-order chi connectivity index (χ0) is 12.4. The van der Waals surface area contributed by atoms with Crippen molar-refractivity contribution in [1.29, 1.82) is 0 Å². The fourth-order valence-corrected chi connectivity index (χ4v) is 2.84. The number of ether oxygens (including phenoxy) is 1. The van der Waals surface area contributed by atoms with Gasteiger partial charge in [0.25, 0.3) is 0 Å². The van der Waals surface area contributed by atoms with E-state index >= 15 is 0 Å². The van der Waals surface area contributed by atoms with Gasteiger partial charge in [0.15, 0.2) is 0 Å². The normalized spacial score (nSPS) is 10.6. The summed E-state index contributed by atoms with van der Waals surface area (Å²) < 4.78 is 5.45. The zero-order valence-corrected chi connectivity index (χ0v) is 11.1. The summed E-state index contributed by atoms with van der Waals surface area (Å²) in [6, 6.07) is 4.20. The second-order valence-corrected chi connectivity index (χ2v) is 5.10. The number of rotatable bonds is 3. The maximum absolute atomic E-state index is 5.59. The topological polar surface area (TPSA) is 48.1 Å². The molecule has 1 heterocycles. The summed E-state index contributed by atoms with van der Waals surface area (Å²) >= 11 is 1.62. The number of benzene rings is 1. The quantitative estimate of drug-likeness (QED) is 0.908. The molecule has 0 saturated carbocycles. The van der Waals surface area contributed by atoms with Gasteiger partial charge in [0.1, 0.15) is 10.8 Å². The van der Waals surface area contributed by atoms with E-state index in [1.807, 2.05) is 12.3 Å². The van der Waals surface area contributed by atoms with Crippen LogP contribution < -0.4 is 10.5 Å². The smallest absolute Gasteiger partial charge is 0.128 e. The Morgan fingerprint density at radius 3 is 2.71 bits per heavy atom. The van der Waals surface area contributed by atoms with Crippen molar-refractivity contribution in [2.24, 2.45) is 5.73 Å². The summed E-state index contributed by atoms with van der Waals surface area (Å²) in [6.07, 6.45) is 1.87. The Morgan fingerprint density at radius 1 is 1.35 bits per heavy atom. The zero-order valence-electron chi connectivity index (χ0n) is 10.3. The summed E-state index contributed by atoms with van der Waals surface area (Å²) in [5, 5.41) is 0.946. The van der Waals surface area contributed by atoms with Gasteiger partial charge in [-0.2, -0.15) is 0 Å². The van der Waals surface area contributed by atoms with Crippen molar-refractivity contribution in [3.05, 3.63) is 34.5 Å². The van der Waals surface area contributed by atoms with Crippen LogP contribution in [0, 0.1) is 13.8 Å². The van der Waals surface area contributed by atoms with Crippen molar-refractivity contribution >= 4 is 11.3 Å². The van der Waals surface area contributed by atoms with Crippen molar-refractivity contribution in [2.75, 3.05) is 7.11 Å². The van der Waals surface area contributed by atoms with Gasteiger partial charge in [0.05, 0.1) is 12.0 Å². The fraction of sp³-hybridized carbons (Fsp3) is 0.308. The molecule has 0 radical (unpaired) electrons. The van der Waals surface area contributed by atoms with Gasteiger partial charge in [-0.05, 0) is 31.0 Å². The third-order valence-corrected chi connectivity index (χ3v) is 3.68. The number of hydrogen-bond donors (Lipinski definition) is 1. The van der Waals surface area contributed by atoms with Gasteiger partial charge < -0.3 is 10.5 Å². The molecule has 4 heteroatoms. The van der Waals surface area contributed by atoms with Crippen LogP contribution in [0.2, 0.25) is 0 Å². The van der Waals surface area contributed by atoms with Crippen LogP contribution in [0.5, 0.6) is 5.75 Å². The first-order valence-corrected chi connectivity index (χ1v) is 6.27. The molecule has 90 valence electrons. The highest BCUT2D eigenvalue weighted by Gasteiger charge is 2.12. The molecule has 0 spiro atoms. The summed E-state index contributed by atoms with van der Waals surface area (Å²) in [5.41, 5.74) is 9.11. The highest BCUT2D eigenvalue weighted by atomic mass is 32.1. The van der Waals surface area contributed by atoms with Gasteiger partial charge in [-0.1, -0.05) is 6.07 Å². The van der Waals surface area contributed by atoms with Crippen LogP contribution in [0.25, 0.3) is 10.4 Å². The minimum Gasteiger partial charge on any atom is -0.496 e. The molecule has 0 aliphatic carbocycles. The number of nitrogens with two attached hydrogens (primary N) is 1. The molecular formula is C13H16N2OS. The van der Waals surface area contributed by atoms with Crippen LogP contribution in [0.15, 0.2) is 18.3 Å². The predicted molar refractivity (Wildman–Crippen MR) is 71.5 cm³/mol. The van der Waals surface area contributed by atoms with Gasteiger partial charge >= 0.3 is 0 Å². The van der Waals surface area contributed by atoms with Crippen LogP contribution in [-0.2, 0) is 6.54 Å². The molecule has 0 amide bonds. The molecule has 1 aromatic carbocycles. The summed E-state index contributed by atoms with van der Waals surface area (Å²) in [7, 11) is 1.70. The average Bonchev–Trinajstić information content (AvgIpc) is 2.76. The molecule has 0 fully saturated rings. The second kappa shape index (κ2) is 4.85. The maximum Gasteiger partial charge on any atom is 0.128 e. The Labute approximate surface area is 105 Å². The van der Waals surface area contributed by atoms with Crippen molar-refractivity contribution in [3.63, 3.8) is 0 Å². The van der Waals surface area contributed by atoms with E-state index in [0.717, 1.165) is 21.2 Å². The minimum atomic E-state index is 0.484. The van der Waals surface area contributed by atoms with E-state index in [2.05, 4.69) is 24.9 Å². The number of nitrogens with zero attached hydrogens (tertiary/aromatic N) is 1. The Morgan fingerprint density at radius 2 is 2.12 bits per heavy atom. The van der Waals surface area contributed by atoms with E-state index in [9.17, 15) is 0 Å². The van der Waals surface area contributed by atoms with E-state index in [1.165, 1.54) is 11.1 Å². The monoisotopic (exact) mass is 248 g/mol. The Bertz CT molecular complexity index is 534. The molecule has 17 heavy (non-hydrogen) atoms. The number of aryl methyl sites for hydroxylation is 2. The van der Waals surface area contributed by atoms with Gasteiger partial charge in [-0.25, -0.2) is 4.98 Å². The van der Waals surface area contributed by atoms with Gasteiger partial charge in [0, 0.05) is 18.3 Å². The Kier molecular flexibility index (Phi) is 3.45. The summed E-state index contributed by atoms with van der Waals surface area (Å²) in [6.45, 7) is 4.64. The number of methoxy groups -OCH3 is 1. The highest BCUT2D eigenvalue weighted by molar-refractivity contribution is 7.15. The standard InChI is InChI=1S/C13H16N2OS/c1-8-4-9(2)13(10(5-8)16-3)11-7-15-12(6-14)17-11/h4-5,7H,6,14H2,1-3H3. The third kappa shape index (κ3) is 2.33. The van der Waals surface area contributed by atoms with Crippen molar-refractivity contribution < 1.29 is 4.74 Å². The lowest BCUT2D eigenvalue weighted by Crippen LogP contribution is -1.93. The van der Waals surface area contributed by atoms with Crippen molar-refractivity contribution in [1.82, 2.24) is 4.98 Å². The lowest BCUT2D eigenvalue weighted by molar-refractivity contribution is 0.416. The number of aromatic nitrogens is 1. The van der Waals surface area contributed by atoms with Crippen LogP contribution in [0.3, 0.4) is 0 Å². The molecule has 0 atom stereocenters. The molecule has 0 unspecified atom stereocenters. The molecule has 0 bridgehead atoms. The Balaban J connectivity index is 2.57. The third-order valence-electron chi connectivity index (χ3n) is 2.64. The molecule has 0 aliphatic heterocycles. The fourth-order valence-electron chi connectivity index (χ4n) is 1.93. The first-order chi connectivity index (χ1) is 8.15. The Hall–Kier alpha value is -1.39. The predicted octanol–water partition coefficient (Wildman–Crippen LogP) is 2.89. The molecule has 2 rings (SSSR count). The lowest BCUT2D eigenvalue weighted by Gasteiger charge is -2.11. The summed E-state index contributed by atoms with van der Waals surface area (Å²) in [4.78, 5) is 5.40. The molecule has 1 aromatic heterocycles. The molecule has 2 aromatic rings. The van der Waals surface area contributed by atoms with Crippen LogP contribution in [-0.4, -0.2) is 12.1 Å². The largest absolute Gasteiger partial charge is 0.496 e. The van der Waals surface area contributed by atoms with E-state index < -0.39 is 0 Å². The molecule has 3 nitrogen and oxygen atoms in total. The SMILES string of the molecule is COc1cc(C)cc(C)c1-c1cnc(CN)s1. The lowest BCUT2D eigenvalue weighted by atomic mass is 10.0. The molecule has 0 aliphatic rings. The van der Waals surface area contributed by atoms with Crippen LogP contribution in [0.4, 0.5) is 0 Å². The molecule has 2 N–H and O–H groups in total. The van der Waals surface area contributed by atoms with E-state index in [4.69, 9.17) is 10.5 Å². The summed E-state index contributed by atoms with van der Waals surface area (Å²) in [5.74, 6) is 0.898. The number of hydrogen-bond acceptors (Lipinski definition) is 4. The van der Waals surface area contributed by atoms with Gasteiger partial charge in [0.2, 0.25) is 0 Å². The van der Waals surface area contributed by atoms with E-state index in [0.29, 0.717) is 6.54 Å². The van der Waals surface area contributed by atoms with Gasteiger partial charge in [-0.3, -0.25) is 0 Å². The van der Waals surface area contributed by atoms with E-state index in [1.54, 1.807) is 18.4 Å². The maximum atomic E-state index is 5.59. The molecular weight excluding hydrogens is 232 g/mol. The van der Waals surface area contributed by atoms with Gasteiger partial charge in [-0.15, -0.1) is 11.3 Å². The van der Waals surface area contributed by atoms with Crippen LogP contribution >= 0.6 is 11.3 Å². The van der Waals surface area contributed by atoms with Crippen molar-refractivity contribution in [3.8, 4) is 16.2 Å². The van der Waals surface area contributed by atoms with E-state index in [-0.39, 0.29) is 0 Å². The minimum absolute atomic E-state index is 0.484. The van der Waals surface area contributed by atoms with Crippen LogP contribution in [0.1, 0.15) is 16.1 Å². The molecule has 0 saturated heterocycles. The van der Waals surface area contributed by atoms with Crippen molar-refractivity contribution in [2.45, 2.75) is 20.4 Å². The highest BCUT2D eigenvalue weighted by Crippen LogP contribution is 2.37. The first kappa shape index (κ1) is 12.1.